The number of aryl methyl sites for hydroxylation is 1. The first-order valence-corrected chi connectivity index (χ1v) is 8.54. The van der Waals surface area contributed by atoms with Crippen LogP contribution in [0.15, 0.2) is 52.9 Å². The summed E-state index contributed by atoms with van der Waals surface area (Å²) in [5, 5.41) is 12.1. The second-order valence-corrected chi connectivity index (χ2v) is 5.93. The van der Waals surface area contributed by atoms with Gasteiger partial charge in [0.15, 0.2) is 5.13 Å². The highest BCUT2D eigenvalue weighted by molar-refractivity contribution is 7.14. The van der Waals surface area contributed by atoms with Gasteiger partial charge >= 0.3 is 0 Å². The lowest BCUT2D eigenvalue weighted by Gasteiger charge is -2.05. The normalized spacial score (nSPS) is 10.4. The van der Waals surface area contributed by atoms with Gasteiger partial charge < -0.3 is 10.6 Å². The third-order valence-corrected chi connectivity index (χ3v) is 4.01. The SMILES string of the molecule is O=C(NCCCn1ncccc1=O)c1csc(Nc2ccccn2)n1. The van der Waals surface area contributed by atoms with Crippen molar-refractivity contribution in [1.29, 1.82) is 0 Å². The number of carbonyl (C=O) groups excluding carboxylic acids is 1. The van der Waals surface area contributed by atoms with E-state index in [0.29, 0.717) is 36.2 Å². The molecule has 0 unspecified atom stereocenters. The Morgan fingerprint density at radius 2 is 2.12 bits per heavy atom. The number of anilines is 2. The average molecular weight is 356 g/mol. The Balaban J connectivity index is 1.47. The van der Waals surface area contributed by atoms with E-state index >= 15 is 0 Å². The summed E-state index contributed by atoms with van der Waals surface area (Å²) in [6.07, 6.45) is 3.84. The molecule has 3 aromatic rings. The van der Waals surface area contributed by atoms with Crippen LogP contribution in [0, 0.1) is 0 Å². The molecule has 0 radical (unpaired) electrons. The zero-order valence-corrected chi connectivity index (χ0v) is 14.1. The van der Waals surface area contributed by atoms with Crippen LogP contribution in [0.2, 0.25) is 0 Å². The van der Waals surface area contributed by atoms with Gasteiger partial charge in [-0.05, 0) is 24.6 Å². The molecule has 0 saturated carbocycles. The van der Waals surface area contributed by atoms with Gasteiger partial charge in [-0.3, -0.25) is 9.59 Å². The molecule has 0 atom stereocenters. The maximum absolute atomic E-state index is 12.1. The second-order valence-electron chi connectivity index (χ2n) is 5.07. The van der Waals surface area contributed by atoms with Crippen molar-refractivity contribution in [2.45, 2.75) is 13.0 Å². The smallest absolute Gasteiger partial charge is 0.270 e. The molecule has 0 bridgehead atoms. The number of aromatic nitrogens is 4. The van der Waals surface area contributed by atoms with E-state index in [1.54, 1.807) is 23.8 Å². The summed E-state index contributed by atoms with van der Waals surface area (Å²) < 4.78 is 1.36. The number of nitrogens with one attached hydrogen (secondary N) is 2. The van der Waals surface area contributed by atoms with Crippen LogP contribution < -0.4 is 16.2 Å². The monoisotopic (exact) mass is 356 g/mol. The molecule has 3 aromatic heterocycles. The van der Waals surface area contributed by atoms with Crippen LogP contribution in [-0.4, -0.2) is 32.2 Å². The summed E-state index contributed by atoms with van der Waals surface area (Å²) in [6, 6.07) is 8.56. The van der Waals surface area contributed by atoms with Crippen molar-refractivity contribution in [3.8, 4) is 0 Å². The Kier molecular flexibility index (Phi) is 5.47. The predicted molar refractivity (Wildman–Crippen MR) is 95.1 cm³/mol. The van der Waals surface area contributed by atoms with Gasteiger partial charge in [0.25, 0.3) is 11.5 Å². The van der Waals surface area contributed by atoms with E-state index in [2.05, 4.69) is 25.7 Å². The molecule has 0 aliphatic carbocycles. The van der Waals surface area contributed by atoms with Crippen LogP contribution in [-0.2, 0) is 6.54 Å². The summed E-state index contributed by atoms with van der Waals surface area (Å²) in [7, 11) is 0. The predicted octanol–water partition coefficient (Wildman–Crippen LogP) is 1.66. The molecule has 0 fully saturated rings. The number of hydrogen-bond donors (Lipinski definition) is 2. The minimum absolute atomic E-state index is 0.154. The fourth-order valence-corrected chi connectivity index (χ4v) is 2.76. The summed E-state index contributed by atoms with van der Waals surface area (Å²) in [5.74, 6) is 0.420. The first-order chi connectivity index (χ1) is 12.2. The van der Waals surface area contributed by atoms with Crippen molar-refractivity contribution < 1.29 is 4.79 Å². The van der Waals surface area contributed by atoms with Crippen LogP contribution in [0.4, 0.5) is 10.9 Å². The molecule has 25 heavy (non-hydrogen) atoms. The van der Waals surface area contributed by atoms with Gasteiger partial charge in [0.05, 0.1) is 0 Å². The highest BCUT2D eigenvalue weighted by Crippen LogP contribution is 2.19. The fraction of sp³-hybridized carbons (Fsp3) is 0.188. The zero-order valence-electron chi connectivity index (χ0n) is 13.3. The Bertz CT molecular complexity index is 893. The van der Waals surface area contributed by atoms with Crippen LogP contribution in [0.25, 0.3) is 0 Å². The Morgan fingerprint density at radius 3 is 2.92 bits per heavy atom. The third kappa shape index (κ3) is 4.70. The van der Waals surface area contributed by atoms with E-state index < -0.39 is 0 Å². The molecule has 8 nitrogen and oxygen atoms in total. The Labute approximate surface area is 147 Å². The number of hydrogen-bond acceptors (Lipinski definition) is 7. The number of nitrogens with zero attached hydrogens (tertiary/aromatic N) is 4. The minimum Gasteiger partial charge on any atom is -0.351 e. The van der Waals surface area contributed by atoms with Gasteiger partial charge in [0, 0.05) is 36.9 Å². The lowest BCUT2D eigenvalue weighted by atomic mass is 10.4. The molecule has 3 heterocycles. The first kappa shape index (κ1) is 16.8. The summed E-state index contributed by atoms with van der Waals surface area (Å²) in [5.41, 5.74) is 0.192. The molecule has 0 aliphatic rings. The number of amides is 1. The molecule has 3 rings (SSSR count). The van der Waals surface area contributed by atoms with Crippen molar-refractivity contribution in [2.75, 3.05) is 11.9 Å². The van der Waals surface area contributed by atoms with E-state index in [9.17, 15) is 9.59 Å². The molecule has 9 heteroatoms. The fourth-order valence-electron chi connectivity index (χ4n) is 2.06. The van der Waals surface area contributed by atoms with Crippen molar-refractivity contribution in [2.24, 2.45) is 0 Å². The number of rotatable bonds is 7. The zero-order chi connectivity index (χ0) is 17.5. The maximum Gasteiger partial charge on any atom is 0.270 e. The second kappa shape index (κ2) is 8.15. The van der Waals surface area contributed by atoms with Crippen molar-refractivity contribution in [3.63, 3.8) is 0 Å². The molecular weight excluding hydrogens is 340 g/mol. The summed E-state index contributed by atoms with van der Waals surface area (Å²) >= 11 is 1.33. The third-order valence-electron chi connectivity index (χ3n) is 3.25. The van der Waals surface area contributed by atoms with Gasteiger partial charge in [-0.2, -0.15) is 5.10 Å². The highest BCUT2D eigenvalue weighted by atomic mass is 32.1. The largest absolute Gasteiger partial charge is 0.351 e. The van der Waals surface area contributed by atoms with Crippen LogP contribution in [0.3, 0.4) is 0 Å². The van der Waals surface area contributed by atoms with E-state index in [1.807, 2.05) is 18.2 Å². The Morgan fingerprint density at radius 1 is 1.20 bits per heavy atom. The molecule has 0 aromatic carbocycles. The standard InChI is InChI=1S/C16H16N6O2S/c23-14-6-3-9-19-22(14)10-4-8-18-15(24)12-11-25-16(20-12)21-13-5-1-2-7-17-13/h1-3,5-7,9,11H,4,8,10H2,(H,18,24)(H,17,20,21). The van der Waals surface area contributed by atoms with Gasteiger partial charge in [-0.25, -0.2) is 14.6 Å². The van der Waals surface area contributed by atoms with Crippen molar-refractivity contribution >= 4 is 28.2 Å². The molecule has 128 valence electrons. The molecule has 2 N–H and O–H groups in total. The lowest BCUT2D eigenvalue weighted by molar-refractivity contribution is 0.0948. The van der Waals surface area contributed by atoms with Crippen molar-refractivity contribution in [1.82, 2.24) is 25.1 Å². The van der Waals surface area contributed by atoms with E-state index in [1.165, 1.54) is 22.1 Å². The molecule has 0 saturated heterocycles. The quantitative estimate of drug-likeness (QED) is 0.624. The number of thiazole rings is 1. The van der Waals surface area contributed by atoms with Crippen LogP contribution in [0.1, 0.15) is 16.9 Å². The van der Waals surface area contributed by atoms with Gasteiger partial charge in [-0.1, -0.05) is 6.07 Å². The lowest BCUT2D eigenvalue weighted by Crippen LogP contribution is -2.27. The average Bonchev–Trinajstić information content (AvgIpc) is 3.09. The van der Waals surface area contributed by atoms with E-state index in [4.69, 9.17) is 0 Å². The van der Waals surface area contributed by atoms with Crippen molar-refractivity contribution in [3.05, 3.63) is 64.2 Å². The van der Waals surface area contributed by atoms with Crippen LogP contribution >= 0.6 is 11.3 Å². The molecule has 1 amide bonds. The van der Waals surface area contributed by atoms with Gasteiger partial charge in [0.1, 0.15) is 11.5 Å². The topological polar surface area (TPSA) is 102 Å². The van der Waals surface area contributed by atoms with E-state index in [-0.39, 0.29) is 11.5 Å². The first-order valence-electron chi connectivity index (χ1n) is 7.66. The summed E-state index contributed by atoms with van der Waals surface area (Å²) in [6.45, 7) is 0.881. The minimum atomic E-state index is -0.251. The molecular formula is C16H16N6O2S. The molecule has 0 spiro atoms. The number of carbonyl (C=O) groups is 1. The highest BCUT2D eigenvalue weighted by Gasteiger charge is 2.10. The Hall–Kier alpha value is -3.07. The van der Waals surface area contributed by atoms with Gasteiger partial charge in [0.2, 0.25) is 0 Å². The van der Waals surface area contributed by atoms with Crippen LogP contribution in [0.5, 0.6) is 0 Å². The van der Waals surface area contributed by atoms with E-state index in [0.717, 1.165) is 0 Å². The van der Waals surface area contributed by atoms with Gasteiger partial charge in [-0.15, -0.1) is 11.3 Å². The summed E-state index contributed by atoms with van der Waals surface area (Å²) in [4.78, 5) is 32.0. The number of pyridine rings is 1. The molecule has 0 aliphatic heterocycles. The maximum atomic E-state index is 12.1.